The Labute approximate surface area is 144 Å². The van der Waals surface area contributed by atoms with Crippen molar-refractivity contribution in [1.82, 2.24) is 0 Å². The summed E-state index contributed by atoms with van der Waals surface area (Å²) in [4.78, 5) is 25.9. The second-order valence-electron chi connectivity index (χ2n) is 5.39. The van der Waals surface area contributed by atoms with Crippen LogP contribution in [-0.2, 0) is 16.1 Å². The maximum atomic E-state index is 12.5. The minimum Gasteiger partial charge on any atom is -0.332 e. The predicted octanol–water partition coefficient (Wildman–Crippen LogP) is 2.39. The first-order valence-electron chi connectivity index (χ1n) is 7.25. The zero-order chi connectivity index (χ0) is 16.4. The predicted molar refractivity (Wildman–Crippen MR) is 89.4 cm³/mol. The molecule has 23 heavy (non-hydrogen) atoms. The number of amides is 2. The molecule has 2 aromatic rings. The van der Waals surface area contributed by atoms with Crippen molar-refractivity contribution in [2.45, 2.75) is 19.0 Å². The van der Waals surface area contributed by atoms with Crippen LogP contribution in [0.2, 0.25) is 10.0 Å². The minimum atomic E-state index is -0.422. The van der Waals surface area contributed by atoms with E-state index in [1.165, 1.54) is 4.90 Å². The summed E-state index contributed by atoms with van der Waals surface area (Å²) in [6.45, 7) is 0.516. The Hall–Kier alpha value is -1.88. The van der Waals surface area contributed by atoms with Crippen LogP contribution in [0, 0.1) is 0 Å². The highest BCUT2D eigenvalue weighted by atomic mass is 35.5. The first kappa shape index (κ1) is 16.0. The number of benzene rings is 2. The fourth-order valence-electron chi connectivity index (χ4n) is 2.64. The second kappa shape index (κ2) is 6.71. The number of quaternary nitrogens is 1. The van der Waals surface area contributed by atoms with E-state index in [0.717, 1.165) is 5.56 Å². The van der Waals surface area contributed by atoms with Crippen LogP contribution >= 0.6 is 23.2 Å². The summed E-state index contributed by atoms with van der Waals surface area (Å²) in [5, 5.41) is 2.98. The average molecular weight is 350 g/mol. The van der Waals surface area contributed by atoms with Crippen LogP contribution in [-0.4, -0.2) is 17.9 Å². The maximum Gasteiger partial charge on any atom is 0.292 e. The highest BCUT2D eigenvalue weighted by molar-refractivity contribution is 6.35. The summed E-state index contributed by atoms with van der Waals surface area (Å²) < 4.78 is 0. The van der Waals surface area contributed by atoms with Gasteiger partial charge in [0.15, 0.2) is 6.04 Å². The van der Waals surface area contributed by atoms with Crippen LogP contribution in [0.5, 0.6) is 0 Å². The molecular weight excluding hydrogens is 335 g/mol. The van der Waals surface area contributed by atoms with Crippen molar-refractivity contribution in [3.63, 3.8) is 0 Å². The van der Waals surface area contributed by atoms with Crippen LogP contribution in [0.1, 0.15) is 12.0 Å². The Morgan fingerprint density at radius 1 is 1.09 bits per heavy atom. The van der Waals surface area contributed by atoms with Gasteiger partial charge in [0.1, 0.15) is 6.54 Å². The SMILES string of the molecule is O=C1C[C@@H]([NH2+]Cc2ccc(Cl)cc2Cl)C(=O)N1c1ccccc1. The molecule has 0 radical (unpaired) electrons. The van der Waals surface area contributed by atoms with Gasteiger partial charge in [-0.1, -0.05) is 47.5 Å². The third-order valence-corrected chi connectivity index (χ3v) is 4.42. The molecule has 1 fully saturated rings. The molecule has 2 aromatic carbocycles. The van der Waals surface area contributed by atoms with Gasteiger partial charge in [-0.25, -0.2) is 4.90 Å². The van der Waals surface area contributed by atoms with E-state index in [-0.39, 0.29) is 18.2 Å². The van der Waals surface area contributed by atoms with E-state index < -0.39 is 6.04 Å². The number of carbonyl (C=O) groups is 2. The molecule has 0 aliphatic carbocycles. The Morgan fingerprint density at radius 2 is 1.83 bits per heavy atom. The number of hydrogen-bond donors (Lipinski definition) is 1. The molecule has 4 nitrogen and oxygen atoms in total. The number of para-hydroxylation sites is 1. The highest BCUT2D eigenvalue weighted by Gasteiger charge is 2.42. The minimum absolute atomic E-state index is 0.176. The van der Waals surface area contributed by atoms with E-state index in [4.69, 9.17) is 23.2 Å². The summed E-state index contributed by atoms with van der Waals surface area (Å²) in [5.41, 5.74) is 1.50. The van der Waals surface area contributed by atoms with E-state index in [0.29, 0.717) is 22.3 Å². The van der Waals surface area contributed by atoms with Crippen LogP contribution in [0.25, 0.3) is 0 Å². The molecule has 0 unspecified atom stereocenters. The van der Waals surface area contributed by atoms with Crippen LogP contribution in [0.4, 0.5) is 5.69 Å². The quantitative estimate of drug-likeness (QED) is 0.861. The highest BCUT2D eigenvalue weighted by Crippen LogP contribution is 2.22. The van der Waals surface area contributed by atoms with Crippen molar-refractivity contribution >= 4 is 40.7 Å². The lowest BCUT2D eigenvalue weighted by Crippen LogP contribution is -2.90. The van der Waals surface area contributed by atoms with Gasteiger partial charge in [-0.2, -0.15) is 0 Å². The van der Waals surface area contributed by atoms with Gasteiger partial charge in [-0.3, -0.25) is 9.59 Å². The first-order valence-corrected chi connectivity index (χ1v) is 8.01. The summed E-state index contributed by atoms with van der Waals surface area (Å²) in [6, 6.07) is 13.8. The standard InChI is InChI=1S/C17H14Cl2N2O2/c18-12-7-6-11(14(19)8-12)10-20-15-9-16(22)21(17(15)23)13-4-2-1-3-5-13/h1-8,15,20H,9-10H2/p+1/t15-/m1/s1. The Morgan fingerprint density at radius 3 is 2.52 bits per heavy atom. The van der Waals surface area contributed by atoms with Crippen molar-refractivity contribution in [2.24, 2.45) is 0 Å². The lowest BCUT2D eigenvalue weighted by Gasteiger charge is -2.14. The number of anilines is 1. The van der Waals surface area contributed by atoms with Gasteiger partial charge in [-0.05, 0) is 24.3 Å². The maximum absolute atomic E-state index is 12.5. The van der Waals surface area contributed by atoms with E-state index in [1.807, 2.05) is 17.4 Å². The van der Waals surface area contributed by atoms with Crippen LogP contribution in [0.3, 0.4) is 0 Å². The summed E-state index contributed by atoms with van der Waals surface area (Å²) >= 11 is 12.0. The number of imide groups is 1. The number of halogens is 2. The molecule has 0 aromatic heterocycles. The smallest absolute Gasteiger partial charge is 0.292 e. The van der Waals surface area contributed by atoms with Crippen molar-refractivity contribution in [2.75, 3.05) is 4.90 Å². The number of rotatable bonds is 4. The van der Waals surface area contributed by atoms with E-state index >= 15 is 0 Å². The van der Waals surface area contributed by atoms with Gasteiger partial charge >= 0.3 is 0 Å². The lowest BCUT2D eigenvalue weighted by atomic mass is 10.2. The third-order valence-electron chi connectivity index (χ3n) is 3.83. The summed E-state index contributed by atoms with van der Waals surface area (Å²) in [7, 11) is 0. The van der Waals surface area contributed by atoms with Crippen molar-refractivity contribution in [1.29, 1.82) is 0 Å². The topological polar surface area (TPSA) is 54.0 Å². The summed E-state index contributed by atoms with van der Waals surface area (Å²) in [6.07, 6.45) is 0.193. The van der Waals surface area contributed by atoms with Crippen LogP contribution in [0.15, 0.2) is 48.5 Å². The Bertz CT molecular complexity index is 750. The normalized spacial score (nSPS) is 17.8. The van der Waals surface area contributed by atoms with Gasteiger partial charge in [0.2, 0.25) is 5.91 Å². The molecular formula is C17H15Cl2N2O2+. The number of nitrogens with two attached hydrogens (primary N) is 1. The zero-order valence-electron chi connectivity index (χ0n) is 12.2. The Balaban J connectivity index is 1.70. The van der Waals surface area contributed by atoms with Crippen molar-refractivity contribution in [3.8, 4) is 0 Å². The fourth-order valence-corrected chi connectivity index (χ4v) is 3.13. The molecule has 1 heterocycles. The largest absolute Gasteiger partial charge is 0.332 e. The molecule has 1 atom stereocenters. The van der Waals surface area contributed by atoms with Gasteiger partial charge < -0.3 is 5.32 Å². The van der Waals surface area contributed by atoms with Crippen LogP contribution < -0.4 is 10.2 Å². The molecule has 1 aliphatic rings. The molecule has 0 bridgehead atoms. The Kier molecular flexibility index (Phi) is 4.66. The third kappa shape index (κ3) is 3.39. The van der Waals surface area contributed by atoms with Crippen molar-refractivity contribution in [3.05, 3.63) is 64.1 Å². The number of nitrogens with zero attached hydrogens (tertiary/aromatic N) is 1. The van der Waals surface area contributed by atoms with Gasteiger partial charge in [0.25, 0.3) is 5.91 Å². The zero-order valence-corrected chi connectivity index (χ0v) is 13.7. The molecule has 1 saturated heterocycles. The molecule has 118 valence electrons. The van der Waals surface area contributed by atoms with E-state index in [1.54, 1.807) is 36.4 Å². The van der Waals surface area contributed by atoms with Gasteiger partial charge in [-0.15, -0.1) is 0 Å². The van der Waals surface area contributed by atoms with Crippen molar-refractivity contribution < 1.29 is 14.9 Å². The number of carbonyl (C=O) groups excluding carboxylic acids is 2. The van der Waals surface area contributed by atoms with E-state index in [2.05, 4.69) is 0 Å². The molecule has 1 aliphatic heterocycles. The van der Waals surface area contributed by atoms with Gasteiger partial charge in [0, 0.05) is 10.6 Å². The second-order valence-corrected chi connectivity index (χ2v) is 6.23. The fraction of sp³-hybridized carbons (Fsp3) is 0.176. The number of hydrogen-bond acceptors (Lipinski definition) is 2. The van der Waals surface area contributed by atoms with Gasteiger partial charge in [0.05, 0.1) is 17.1 Å². The monoisotopic (exact) mass is 349 g/mol. The lowest BCUT2D eigenvalue weighted by molar-refractivity contribution is -0.690. The summed E-state index contributed by atoms with van der Waals surface area (Å²) in [5.74, 6) is -0.365. The molecule has 0 spiro atoms. The van der Waals surface area contributed by atoms with E-state index in [9.17, 15) is 9.59 Å². The molecule has 3 rings (SSSR count). The average Bonchev–Trinajstić information content (AvgIpc) is 2.81. The molecule has 2 N–H and O–H groups in total. The molecule has 6 heteroatoms. The first-order chi connectivity index (χ1) is 11.1. The molecule has 0 saturated carbocycles. The molecule has 2 amide bonds.